The van der Waals surface area contributed by atoms with Crippen LogP contribution >= 0.6 is 0 Å². The van der Waals surface area contributed by atoms with E-state index >= 15 is 0 Å². The van der Waals surface area contributed by atoms with Crippen LogP contribution in [0.25, 0.3) is 10.9 Å². The lowest BCUT2D eigenvalue weighted by molar-refractivity contribution is 0.145. The van der Waals surface area contributed by atoms with Crippen LogP contribution in [0.3, 0.4) is 0 Å². The number of aromatic nitrogens is 1. The standard InChI is InChI=1S/C17H21NO3/c1-2-3-4-5-6-9-13-12-16(21-17(19)20)14-10-7-8-11-15(14)18-13/h7-8,10-12H,2-6,9H2,1H3,(H,19,20). The number of pyridine rings is 1. The molecule has 0 amide bonds. The van der Waals surface area contributed by atoms with Gasteiger partial charge in [-0.2, -0.15) is 0 Å². The van der Waals surface area contributed by atoms with E-state index in [-0.39, 0.29) is 0 Å². The summed E-state index contributed by atoms with van der Waals surface area (Å²) in [5.74, 6) is 0.372. The first-order chi connectivity index (χ1) is 10.2. The molecule has 0 spiro atoms. The Morgan fingerprint density at radius 2 is 1.95 bits per heavy atom. The second-order valence-corrected chi connectivity index (χ2v) is 5.16. The van der Waals surface area contributed by atoms with Gasteiger partial charge in [0.1, 0.15) is 5.75 Å². The maximum Gasteiger partial charge on any atom is 0.511 e. The molecule has 0 saturated heterocycles. The molecule has 0 atom stereocenters. The number of carbonyl (C=O) groups is 1. The van der Waals surface area contributed by atoms with Crippen molar-refractivity contribution in [3.63, 3.8) is 0 Å². The van der Waals surface area contributed by atoms with E-state index in [9.17, 15) is 4.79 Å². The van der Waals surface area contributed by atoms with Crippen molar-refractivity contribution in [2.45, 2.75) is 45.4 Å². The smallest absolute Gasteiger partial charge is 0.449 e. The highest BCUT2D eigenvalue weighted by molar-refractivity contribution is 5.86. The van der Waals surface area contributed by atoms with E-state index < -0.39 is 6.16 Å². The molecule has 112 valence electrons. The second kappa shape index (κ2) is 7.62. The van der Waals surface area contributed by atoms with Crippen LogP contribution in [0.2, 0.25) is 0 Å². The summed E-state index contributed by atoms with van der Waals surface area (Å²) in [6.45, 7) is 2.19. The first-order valence-electron chi connectivity index (χ1n) is 7.50. The fraction of sp³-hybridized carbons (Fsp3) is 0.412. The SMILES string of the molecule is CCCCCCCc1cc(OC(=O)O)c2ccccc2n1. The lowest BCUT2D eigenvalue weighted by Gasteiger charge is -2.08. The molecule has 4 heteroatoms. The number of aryl methyl sites for hydroxylation is 1. The van der Waals surface area contributed by atoms with Gasteiger partial charge in [0.15, 0.2) is 0 Å². The van der Waals surface area contributed by atoms with Crippen LogP contribution in [0.1, 0.15) is 44.7 Å². The van der Waals surface area contributed by atoms with Crippen LogP contribution in [0.4, 0.5) is 4.79 Å². The van der Waals surface area contributed by atoms with Gasteiger partial charge in [-0.05, 0) is 25.0 Å². The number of fused-ring (bicyclic) bond motifs is 1. The Hall–Kier alpha value is -2.10. The van der Waals surface area contributed by atoms with E-state index in [1.807, 2.05) is 24.3 Å². The van der Waals surface area contributed by atoms with E-state index in [1.54, 1.807) is 6.07 Å². The minimum Gasteiger partial charge on any atom is -0.449 e. The molecule has 1 heterocycles. The average molecular weight is 287 g/mol. The summed E-state index contributed by atoms with van der Waals surface area (Å²) in [6, 6.07) is 9.20. The lowest BCUT2D eigenvalue weighted by atomic mass is 10.1. The molecular weight excluding hydrogens is 266 g/mol. The predicted octanol–water partition coefficient (Wildman–Crippen LogP) is 4.80. The van der Waals surface area contributed by atoms with Crippen molar-refractivity contribution in [1.82, 2.24) is 4.98 Å². The molecule has 21 heavy (non-hydrogen) atoms. The van der Waals surface area contributed by atoms with Gasteiger partial charge in [0.25, 0.3) is 0 Å². The Balaban J connectivity index is 2.14. The number of benzene rings is 1. The van der Waals surface area contributed by atoms with E-state index in [2.05, 4.69) is 11.9 Å². The highest BCUT2D eigenvalue weighted by atomic mass is 16.7. The molecule has 0 unspecified atom stereocenters. The third kappa shape index (κ3) is 4.45. The Bertz CT molecular complexity index is 610. The average Bonchev–Trinajstić information content (AvgIpc) is 2.46. The van der Waals surface area contributed by atoms with Gasteiger partial charge in [-0.25, -0.2) is 4.79 Å². The number of hydrogen-bond acceptors (Lipinski definition) is 3. The van der Waals surface area contributed by atoms with Crippen LogP contribution < -0.4 is 4.74 Å². The molecule has 0 fully saturated rings. The first-order valence-corrected chi connectivity index (χ1v) is 7.50. The number of hydrogen-bond donors (Lipinski definition) is 1. The molecule has 0 aliphatic carbocycles. The quantitative estimate of drug-likeness (QED) is 0.586. The lowest BCUT2D eigenvalue weighted by Crippen LogP contribution is -2.05. The number of unbranched alkanes of at least 4 members (excludes halogenated alkanes) is 4. The van der Waals surface area contributed by atoms with Gasteiger partial charge in [-0.3, -0.25) is 4.98 Å². The molecule has 2 rings (SSSR count). The van der Waals surface area contributed by atoms with E-state index in [0.29, 0.717) is 5.75 Å². The summed E-state index contributed by atoms with van der Waals surface area (Å²) in [5.41, 5.74) is 1.67. The maximum absolute atomic E-state index is 10.8. The summed E-state index contributed by atoms with van der Waals surface area (Å²) in [6.07, 6.45) is 5.53. The molecule has 1 N–H and O–H groups in total. The minimum atomic E-state index is -1.29. The van der Waals surface area contributed by atoms with Crippen LogP contribution in [-0.2, 0) is 6.42 Å². The van der Waals surface area contributed by atoms with Crippen LogP contribution in [-0.4, -0.2) is 16.2 Å². The Kier molecular flexibility index (Phi) is 5.55. The van der Waals surface area contributed by atoms with Crippen molar-refractivity contribution in [2.75, 3.05) is 0 Å². The summed E-state index contributed by atoms with van der Waals surface area (Å²) in [5, 5.41) is 9.58. The third-order valence-corrected chi connectivity index (χ3v) is 3.47. The van der Waals surface area contributed by atoms with Gasteiger partial charge in [0.05, 0.1) is 5.52 Å². The van der Waals surface area contributed by atoms with Gasteiger partial charge in [-0.1, -0.05) is 44.7 Å². The molecular formula is C17H21NO3. The molecule has 2 aromatic rings. The van der Waals surface area contributed by atoms with Gasteiger partial charge in [-0.15, -0.1) is 0 Å². The van der Waals surface area contributed by atoms with Gasteiger partial charge < -0.3 is 9.84 Å². The predicted molar refractivity (Wildman–Crippen MR) is 82.9 cm³/mol. The van der Waals surface area contributed by atoms with E-state index in [4.69, 9.17) is 9.84 Å². The molecule has 1 aromatic carbocycles. The van der Waals surface area contributed by atoms with Crippen LogP contribution in [0, 0.1) is 0 Å². The van der Waals surface area contributed by atoms with Gasteiger partial charge in [0.2, 0.25) is 0 Å². The Morgan fingerprint density at radius 1 is 1.19 bits per heavy atom. The van der Waals surface area contributed by atoms with Crippen LogP contribution in [0.5, 0.6) is 5.75 Å². The van der Waals surface area contributed by atoms with Gasteiger partial charge in [0, 0.05) is 17.1 Å². The number of carboxylic acid groups (broad SMARTS) is 1. The van der Waals surface area contributed by atoms with Crippen molar-refractivity contribution in [1.29, 1.82) is 0 Å². The highest BCUT2D eigenvalue weighted by Crippen LogP contribution is 2.26. The minimum absolute atomic E-state index is 0.372. The van der Waals surface area contributed by atoms with Crippen LogP contribution in [0.15, 0.2) is 30.3 Å². The molecule has 1 aromatic heterocycles. The highest BCUT2D eigenvalue weighted by Gasteiger charge is 2.09. The van der Waals surface area contributed by atoms with E-state index in [0.717, 1.165) is 29.4 Å². The van der Waals surface area contributed by atoms with Crippen molar-refractivity contribution < 1.29 is 14.6 Å². The molecule has 0 bridgehead atoms. The largest absolute Gasteiger partial charge is 0.511 e. The molecule has 0 aliphatic heterocycles. The van der Waals surface area contributed by atoms with Crippen molar-refractivity contribution >= 4 is 17.1 Å². The fourth-order valence-corrected chi connectivity index (χ4v) is 2.41. The van der Waals surface area contributed by atoms with Crippen molar-refractivity contribution in [2.24, 2.45) is 0 Å². The number of para-hydroxylation sites is 1. The fourth-order valence-electron chi connectivity index (χ4n) is 2.41. The zero-order chi connectivity index (χ0) is 15.1. The molecule has 0 saturated carbocycles. The topological polar surface area (TPSA) is 59.4 Å². The summed E-state index contributed by atoms with van der Waals surface area (Å²) < 4.78 is 4.89. The van der Waals surface area contributed by atoms with Gasteiger partial charge >= 0.3 is 6.16 Å². The Morgan fingerprint density at radius 3 is 2.71 bits per heavy atom. The first kappa shape index (κ1) is 15.3. The zero-order valence-corrected chi connectivity index (χ0v) is 12.3. The number of rotatable bonds is 7. The number of ether oxygens (including phenoxy) is 1. The summed E-state index contributed by atoms with van der Waals surface area (Å²) in [4.78, 5) is 15.4. The van der Waals surface area contributed by atoms with E-state index in [1.165, 1.54) is 25.7 Å². The summed E-state index contributed by atoms with van der Waals surface area (Å²) in [7, 11) is 0. The molecule has 4 nitrogen and oxygen atoms in total. The zero-order valence-electron chi connectivity index (χ0n) is 12.3. The number of nitrogens with zero attached hydrogens (tertiary/aromatic N) is 1. The maximum atomic E-state index is 10.8. The monoisotopic (exact) mass is 287 g/mol. The second-order valence-electron chi connectivity index (χ2n) is 5.16. The normalized spacial score (nSPS) is 10.7. The Labute approximate surface area is 124 Å². The summed E-state index contributed by atoms with van der Waals surface area (Å²) >= 11 is 0. The third-order valence-electron chi connectivity index (χ3n) is 3.47. The van der Waals surface area contributed by atoms with Crippen molar-refractivity contribution in [3.05, 3.63) is 36.0 Å². The van der Waals surface area contributed by atoms with Crippen molar-refractivity contribution in [3.8, 4) is 5.75 Å². The molecule has 0 aliphatic rings. The molecule has 0 radical (unpaired) electrons.